The quantitative estimate of drug-likeness (QED) is 0.736. The second kappa shape index (κ2) is 5.32. The van der Waals surface area contributed by atoms with Crippen molar-refractivity contribution < 1.29 is 14.6 Å². The molecular formula is C10H19NO3. The van der Waals surface area contributed by atoms with Crippen LogP contribution in [0, 0.1) is 0 Å². The molecule has 4 heteroatoms. The lowest BCUT2D eigenvalue weighted by atomic mass is 10.0. The number of methoxy groups -OCH3 is 1. The van der Waals surface area contributed by atoms with Crippen molar-refractivity contribution in [2.24, 2.45) is 0 Å². The van der Waals surface area contributed by atoms with Crippen LogP contribution in [0.4, 0.5) is 0 Å². The smallest absolute Gasteiger partial charge is 0.323 e. The molecule has 0 aromatic heterocycles. The molecule has 0 saturated carbocycles. The van der Waals surface area contributed by atoms with Crippen molar-refractivity contribution in [1.29, 1.82) is 0 Å². The summed E-state index contributed by atoms with van der Waals surface area (Å²) in [6.07, 6.45) is 3.39. The molecule has 4 nitrogen and oxygen atoms in total. The molecule has 2 atom stereocenters. The molecule has 82 valence electrons. The fraction of sp³-hybridized carbons (Fsp3) is 0.900. The van der Waals surface area contributed by atoms with Crippen molar-refractivity contribution in [2.75, 3.05) is 20.3 Å². The van der Waals surface area contributed by atoms with Crippen molar-refractivity contribution >= 4 is 5.97 Å². The lowest BCUT2D eigenvalue weighted by Gasteiger charge is -2.37. The number of hydrogen-bond donors (Lipinski definition) is 1. The van der Waals surface area contributed by atoms with Gasteiger partial charge in [-0.1, -0.05) is 6.42 Å². The van der Waals surface area contributed by atoms with Gasteiger partial charge in [-0.15, -0.1) is 0 Å². The second-order valence-electron chi connectivity index (χ2n) is 3.89. The molecule has 1 rings (SSSR count). The van der Waals surface area contributed by atoms with Gasteiger partial charge >= 0.3 is 5.97 Å². The summed E-state index contributed by atoms with van der Waals surface area (Å²) in [6, 6.07) is -0.115. The highest BCUT2D eigenvalue weighted by Crippen LogP contribution is 2.19. The first-order valence-corrected chi connectivity index (χ1v) is 5.14. The summed E-state index contributed by atoms with van der Waals surface area (Å²) in [6.45, 7) is 3.24. The van der Waals surface area contributed by atoms with Gasteiger partial charge in [-0.2, -0.15) is 0 Å². The predicted octanol–water partition coefficient (Wildman–Crippen LogP) is 0.960. The van der Waals surface area contributed by atoms with E-state index in [1.165, 1.54) is 6.42 Å². The average molecular weight is 201 g/mol. The highest BCUT2D eigenvalue weighted by atomic mass is 16.5. The van der Waals surface area contributed by atoms with E-state index in [2.05, 4.69) is 6.92 Å². The van der Waals surface area contributed by atoms with Crippen LogP contribution in [0.25, 0.3) is 0 Å². The molecule has 1 aliphatic rings. The summed E-state index contributed by atoms with van der Waals surface area (Å²) < 4.78 is 4.94. The summed E-state index contributed by atoms with van der Waals surface area (Å²) in [7, 11) is 1.55. The van der Waals surface area contributed by atoms with Crippen molar-refractivity contribution in [3.63, 3.8) is 0 Å². The van der Waals surface area contributed by atoms with Gasteiger partial charge in [0.25, 0.3) is 0 Å². The molecule has 0 amide bonds. The van der Waals surface area contributed by atoms with Gasteiger partial charge in [-0.25, -0.2) is 0 Å². The maximum Gasteiger partial charge on any atom is 0.323 e. The summed E-state index contributed by atoms with van der Waals surface area (Å²) in [4.78, 5) is 13.0. The maximum atomic E-state index is 11.0. The number of carbonyl (C=O) groups is 1. The number of carboxylic acid groups (broad SMARTS) is 1. The lowest BCUT2D eigenvalue weighted by molar-refractivity contribution is -0.147. The van der Waals surface area contributed by atoms with E-state index in [-0.39, 0.29) is 6.61 Å². The highest BCUT2D eigenvalue weighted by molar-refractivity contribution is 5.73. The van der Waals surface area contributed by atoms with Gasteiger partial charge in [0.15, 0.2) is 0 Å². The average Bonchev–Trinajstić information content (AvgIpc) is 2.15. The molecule has 2 unspecified atom stereocenters. The van der Waals surface area contributed by atoms with Crippen LogP contribution in [-0.4, -0.2) is 48.3 Å². The fourth-order valence-corrected chi connectivity index (χ4v) is 2.05. The molecule has 0 bridgehead atoms. The first-order chi connectivity index (χ1) is 6.66. The Morgan fingerprint density at radius 3 is 2.86 bits per heavy atom. The number of likely N-dealkylation sites (tertiary alicyclic amines) is 1. The Morgan fingerprint density at radius 2 is 2.36 bits per heavy atom. The Balaban J connectivity index is 2.60. The molecule has 0 spiro atoms. The number of hydrogen-bond acceptors (Lipinski definition) is 3. The number of rotatable bonds is 4. The molecule has 1 fully saturated rings. The number of carboxylic acids is 1. The van der Waals surface area contributed by atoms with E-state index in [0.717, 1.165) is 19.4 Å². The molecule has 1 saturated heterocycles. The third-order valence-corrected chi connectivity index (χ3v) is 2.86. The lowest BCUT2D eigenvalue weighted by Crippen LogP contribution is -2.50. The largest absolute Gasteiger partial charge is 0.480 e. The first kappa shape index (κ1) is 11.5. The normalized spacial score (nSPS) is 26.0. The molecule has 0 aliphatic carbocycles. The number of nitrogens with zero attached hydrogens (tertiary/aromatic N) is 1. The van der Waals surface area contributed by atoms with Crippen molar-refractivity contribution in [3.05, 3.63) is 0 Å². The van der Waals surface area contributed by atoms with Gasteiger partial charge in [-0.05, 0) is 26.3 Å². The minimum Gasteiger partial charge on any atom is -0.480 e. The van der Waals surface area contributed by atoms with Gasteiger partial charge in [0.1, 0.15) is 6.04 Å². The SMILES string of the molecule is COCC(C(=O)O)N1CCCCC1C. The topological polar surface area (TPSA) is 49.8 Å². The molecule has 0 radical (unpaired) electrons. The number of piperidine rings is 1. The Morgan fingerprint density at radius 1 is 1.64 bits per heavy atom. The molecular weight excluding hydrogens is 182 g/mol. The van der Waals surface area contributed by atoms with Crippen LogP contribution in [0.15, 0.2) is 0 Å². The third kappa shape index (κ3) is 2.69. The van der Waals surface area contributed by atoms with Crippen molar-refractivity contribution in [3.8, 4) is 0 Å². The van der Waals surface area contributed by atoms with Gasteiger partial charge in [-0.3, -0.25) is 9.69 Å². The van der Waals surface area contributed by atoms with Crippen molar-refractivity contribution in [1.82, 2.24) is 4.90 Å². The Bertz CT molecular complexity index is 196. The summed E-state index contributed by atoms with van der Waals surface area (Å²) in [5.74, 6) is -0.777. The predicted molar refractivity (Wildman–Crippen MR) is 53.3 cm³/mol. The van der Waals surface area contributed by atoms with Crippen LogP contribution in [0.1, 0.15) is 26.2 Å². The Hall–Kier alpha value is -0.610. The van der Waals surface area contributed by atoms with E-state index in [9.17, 15) is 4.79 Å². The summed E-state index contributed by atoms with van der Waals surface area (Å²) >= 11 is 0. The van der Waals surface area contributed by atoms with Crippen molar-refractivity contribution in [2.45, 2.75) is 38.3 Å². The second-order valence-corrected chi connectivity index (χ2v) is 3.89. The maximum absolute atomic E-state index is 11.0. The van der Waals surface area contributed by atoms with E-state index in [4.69, 9.17) is 9.84 Å². The van der Waals surface area contributed by atoms with Gasteiger partial charge in [0.05, 0.1) is 6.61 Å². The van der Waals surface area contributed by atoms with E-state index in [1.807, 2.05) is 4.90 Å². The van der Waals surface area contributed by atoms with Crippen LogP contribution in [0.3, 0.4) is 0 Å². The monoisotopic (exact) mass is 201 g/mol. The molecule has 1 N–H and O–H groups in total. The number of ether oxygens (including phenoxy) is 1. The van der Waals surface area contributed by atoms with E-state index in [1.54, 1.807) is 7.11 Å². The van der Waals surface area contributed by atoms with Gasteiger partial charge in [0, 0.05) is 13.2 Å². The van der Waals surface area contributed by atoms with E-state index in [0.29, 0.717) is 6.04 Å². The third-order valence-electron chi connectivity index (χ3n) is 2.86. The Labute approximate surface area is 84.8 Å². The zero-order valence-electron chi connectivity index (χ0n) is 8.90. The fourth-order valence-electron chi connectivity index (χ4n) is 2.05. The van der Waals surface area contributed by atoms with Gasteiger partial charge in [0.2, 0.25) is 0 Å². The molecule has 14 heavy (non-hydrogen) atoms. The minimum atomic E-state index is -0.777. The van der Waals surface area contributed by atoms with Crippen LogP contribution >= 0.6 is 0 Å². The van der Waals surface area contributed by atoms with Crippen LogP contribution in [0.5, 0.6) is 0 Å². The van der Waals surface area contributed by atoms with E-state index < -0.39 is 12.0 Å². The Kier molecular flexibility index (Phi) is 4.35. The summed E-state index contributed by atoms with van der Waals surface area (Å²) in [5.41, 5.74) is 0. The molecule has 0 aromatic carbocycles. The molecule has 1 aliphatic heterocycles. The minimum absolute atomic E-state index is 0.277. The zero-order valence-corrected chi connectivity index (χ0v) is 8.90. The van der Waals surface area contributed by atoms with Crippen LogP contribution < -0.4 is 0 Å². The standard InChI is InChI=1S/C10H19NO3/c1-8-5-3-4-6-11(8)9(7-14-2)10(12)13/h8-9H,3-7H2,1-2H3,(H,12,13). The first-order valence-electron chi connectivity index (χ1n) is 5.14. The van der Waals surface area contributed by atoms with Crippen LogP contribution in [0.2, 0.25) is 0 Å². The number of aliphatic carboxylic acids is 1. The summed E-state index contributed by atoms with van der Waals surface area (Å²) in [5, 5.41) is 9.05. The molecule has 0 aromatic rings. The van der Waals surface area contributed by atoms with E-state index >= 15 is 0 Å². The highest BCUT2D eigenvalue weighted by Gasteiger charge is 2.30. The molecule has 1 heterocycles. The van der Waals surface area contributed by atoms with Gasteiger partial charge < -0.3 is 9.84 Å². The van der Waals surface area contributed by atoms with Crippen LogP contribution in [-0.2, 0) is 9.53 Å². The zero-order chi connectivity index (χ0) is 10.6.